The van der Waals surface area contributed by atoms with E-state index in [1.165, 1.54) is 4.68 Å². The van der Waals surface area contributed by atoms with E-state index in [4.69, 9.17) is 4.74 Å². The van der Waals surface area contributed by atoms with Crippen LogP contribution in [-0.2, 0) is 4.79 Å². The van der Waals surface area contributed by atoms with Crippen molar-refractivity contribution in [1.29, 1.82) is 0 Å². The Balaban J connectivity index is 1.40. The summed E-state index contributed by atoms with van der Waals surface area (Å²) in [5, 5.41) is 4.56. The van der Waals surface area contributed by atoms with Crippen LogP contribution in [0.1, 0.15) is 12.0 Å². The Labute approximate surface area is 181 Å². The van der Waals surface area contributed by atoms with Crippen LogP contribution < -0.4 is 15.2 Å². The first kappa shape index (κ1) is 20.7. The molecule has 1 aliphatic heterocycles. The summed E-state index contributed by atoms with van der Waals surface area (Å²) in [5.41, 5.74) is 1.66. The number of anilines is 1. The molecule has 1 saturated heterocycles. The number of hydrogen-bond donors (Lipinski definition) is 0. The molecule has 0 atom stereocenters. The summed E-state index contributed by atoms with van der Waals surface area (Å²) < 4.78 is 7.09. The summed E-state index contributed by atoms with van der Waals surface area (Å²) in [5.74, 6) is 1.41. The van der Waals surface area contributed by atoms with Gasteiger partial charge < -0.3 is 14.5 Å². The Morgan fingerprint density at radius 1 is 0.968 bits per heavy atom. The molecule has 1 fully saturated rings. The molecule has 0 N–H and O–H groups in total. The standard InChI is InChI=1S/C24H26N4O3/c1-19-7-5-10-21(17-19)31-18-24(30)27-14-6-13-26(15-16-27)22-11-12-23(29)28(25-22)20-8-3-2-4-9-20/h2-5,7-12,17H,6,13-16,18H2,1H3. The van der Waals surface area contributed by atoms with E-state index in [0.717, 1.165) is 30.0 Å². The van der Waals surface area contributed by atoms with Crippen LogP contribution in [0, 0.1) is 6.92 Å². The van der Waals surface area contributed by atoms with Crippen molar-refractivity contribution in [2.45, 2.75) is 13.3 Å². The van der Waals surface area contributed by atoms with Gasteiger partial charge in [-0.2, -0.15) is 4.68 Å². The lowest BCUT2D eigenvalue weighted by atomic mass is 10.2. The van der Waals surface area contributed by atoms with Gasteiger partial charge in [-0.25, -0.2) is 0 Å². The van der Waals surface area contributed by atoms with E-state index in [0.29, 0.717) is 25.4 Å². The molecule has 0 radical (unpaired) electrons. The van der Waals surface area contributed by atoms with E-state index in [1.54, 1.807) is 12.1 Å². The summed E-state index contributed by atoms with van der Waals surface area (Å²) in [6.45, 7) is 4.69. The Kier molecular flexibility index (Phi) is 6.31. The molecular formula is C24H26N4O3. The van der Waals surface area contributed by atoms with Gasteiger partial charge in [-0.05, 0) is 49.2 Å². The third kappa shape index (κ3) is 5.12. The molecule has 0 spiro atoms. The molecule has 160 valence electrons. The molecule has 1 amide bonds. The molecule has 1 aliphatic rings. The van der Waals surface area contributed by atoms with Crippen LogP contribution in [0.15, 0.2) is 71.5 Å². The second-order valence-electron chi connectivity index (χ2n) is 7.60. The molecule has 2 aromatic carbocycles. The average molecular weight is 418 g/mol. The number of carbonyl (C=O) groups is 1. The van der Waals surface area contributed by atoms with Gasteiger partial charge in [0.2, 0.25) is 0 Å². The fourth-order valence-electron chi connectivity index (χ4n) is 3.66. The number of aryl methyl sites for hydroxylation is 1. The minimum absolute atomic E-state index is 0.0226. The van der Waals surface area contributed by atoms with Gasteiger partial charge in [0.15, 0.2) is 6.61 Å². The summed E-state index contributed by atoms with van der Waals surface area (Å²) in [6.07, 6.45) is 0.822. The smallest absolute Gasteiger partial charge is 0.271 e. The predicted octanol–water partition coefficient (Wildman–Crippen LogP) is 2.66. The third-order valence-corrected chi connectivity index (χ3v) is 5.31. The minimum atomic E-state index is -0.171. The largest absolute Gasteiger partial charge is 0.484 e. The van der Waals surface area contributed by atoms with Crippen LogP contribution >= 0.6 is 0 Å². The number of hydrogen-bond acceptors (Lipinski definition) is 5. The SMILES string of the molecule is Cc1cccc(OCC(=O)N2CCCN(c3ccc(=O)n(-c4ccccc4)n3)CC2)c1. The van der Waals surface area contributed by atoms with Crippen LogP contribution in [0.4, 0.5) is 5.82 Å². The molecule has 0 saturated carbocycles. The number of para-hydroxylation sites is 1. The number of benzene rings is 2. The van der Waals surface area contributed by atoms with Gasteiger partial charge in [0.25, 0.3) is 11.5 Å². The minimum Gasteiger partial charge on any atom is -0.484 e. The number of rotatable bonds is 5. The van der Waals surface area contributed by atoms with E-state index in [-0.39, 0.29) is 18.1 Å². The molecule has 1 aromatic heterocycles. The topological polar surface area (TPSA) is 67.7 Å². The summed E-state index contributed by atoms with van der Waals surface area (Å²) >= 11 is 0. The normalized spacial score (nSPS) is 14.2. The summed E-state index contributed by atoms with van der Waals surface area (Å²) in [7, 11) is 0. The van der Waals surface area contributed by atoms with Crippen molar-refractivity contribution in [3.63, 3.8) is 0 Å². The number of ether oxygens (including phenoxy) is 1. The Bertz CT molecular complexity index is 1100. The fourth-order valence-corrected chi connectivity index (χ4v) is 3.66. The Morgan fingerprint density at radius 3 is 2.61 bits per heavy atom. The quantitative estimate of drug-likeness (QED) is 0.637. The maximum atomic E-state index is 12.7. The molecule has 31 heavy (non-hydrogen) atoms. The Hall–Kier alpha value is -3.61. The van der Waals surface area contributed by atoms with Gasteiger partial charge in [-0.1, -0.05) is 30.3 Å². The lowest BCUT2D eigenvalue weighted by molar-refractivity contribution is -0.133. The number of nitrogens with zero attached hydrogens (tertiary/aromatic N) is 4. The van der Waals surface area contributed by atoms with Gasteiger partial charge in [0, 0.05) is 32.2 Å². The van der Waals surface area contributed by atoms with Crippen molar-refractivity contribution in [3.05, 3.63) is 82.6 Å². The number of carbonyl (C=O) groups excluding carboxylic acids is 1. The maximum Gasteiger partial charge on any atom is 0.271 e. The van der Waals surface area contributed by atoms with Crippen molar-refractivity contribution >= 4 is 11.7 Å². The lowest BCUT2D eigenvalue weighted by Crippen LogP contribution is -2.38. The number of aromatic nitrogens is 2. The first-order valence-electron chi connectivity index (χ1n) is 10.5. The molecule has 2 heterocycles. The lowest BCUT2D eigenvalue weighted by Gasteiger charge is -2.23. The maximum absolute atomic E-state index is 12.7. The van der Waals surface area contributed by atoms with Crippen molar-refractivity contribution in [1.82, 2.24) is 14.7 Å². The first-order chi connectivity index (χ1) is 15.1. The zero-order chi connectivity index (χ0) is 21.6. The van der Waals surface area contributed by atoms with Crippen molar-refractivity contribution in [2.75, 3.05) is 37.7 Å². The molecule has 0 unspecified atom stereocenters. The predicted molar refractivity (Wildman–Crippen MR) is 120 cm³/mol. The van der Waals surface area contributed by atoms with Crippen LogP contribution in [0.25, 0.3) is 5.69 Å². The molecule has 4 rings (SSSR count). The fraction of sp³-hybridized carbons (Fsp3) is 0.292. The van der Waals surface area contributed by atoms with Crippen LogP contribution in [0.3, 0.4) is 0 Å². The Morgan fingerprint density at radius 2 is 1.81 bits per heavy atom. The second-order valence-corrected chi connectivity index (χ2v) is 7.60. The first-order valence-corrected chi connectivity index (χ1v) is 10.5. The molecule has 0 aliphatic carbocycles. The van der Waals surface area contributed by atoms with Crippen molar-refractivity contribution in [2.24, 2.45) is 0 Å². The second kappa shape index (κ2) is 9.47. The van der Waals surface area contributed by atoms with Crippen LogP contribution in [0.2, 0.25) is 0 Å². The van der Waals surface area contributed by atoms with Crippen molar-refractivity contribution < 1.29 is 9.53 Å². The molecular weight excluding hydrogens is 392 g/mol. The highest BCUT2D eigenvalue weighted by Crippen LogP contribution is 2.15. The molecule has 7 heteroatoms. The van der Waals surface area contributed by atoms with E-state index in [9.17, 15) is 9.59 Å². The zero-order valence-electron chi connectivity index (χ0n) is 17.6. The van der Waals surface area contributed by atoms with Gasteiger partial charge in [-0.3, -0.25) is 9.59 Å². The van der Waals surface area contributed by atoms with E-state index < -0.39 is 0 Å². The number of amides is 1. The summed E-state index contributed by atoms with van der Waals surface area (Å²) in [6, 6.07) is 20.4. The molecule has 3 aromatic rings. The van der Waals surface area contributed by atoms with Crippen LogP contribution in [0.5, 0.6) is 5.75 Å². The van der Waals surface area contributed by atoms with Crippen molar-refractivity contribution in [3.8, 4) is 11.4 Å². The van der Waals surface area contributed by atoms with Gasteiger partial charge >= 0.3 is 0 Å². The highest BCUT2D eigenvalue weighted by Gasteiger charge is 2.21. The van der Waals surface area contributed by atoms with Crippen LogP contribution in [-0.4, -0.2) is 53.4 Å². The third-order valence-electron chi connectivity index (χ3n) is 5.31. The van der Waals surface area contributed by atoms with Gasteiger partial charge in [0.05, 0.1) is 5.69 Å². The highest BCUT2D eigenvalue weighted by molar-refractivity contribution is 5.78. The summed E-state index contributed by atoms with van der Waals surface area (Å²) in [4.78, 5) is 28.9. The monoisotopic (exact) mass is 418 g/mol. The highest BCUT2D eigenvalue weighted by atomic mass is 16.5. The van der Waals surface area contributed by atoms with Gasteiger partial charge in [0.1, 0.15) is 11.6 Å². The van der Waals surface area contributed by atoms with E-state index in [2.05, 4.69) is 10.00 Å². The van der Waals surface area contributed by atoms with E-state index >= 15 is 0 Å². The molecule has 7 nitrogen and oxygen atoms in total. The molecule has 0 bridgehead atoms. The average Bonchev–Trinajstić information content (AvgIpc) is 3.05. The zero-order valence-corrected chi connectivity index (χ0v) is 17.6. The van der Waals surface area contributed by atoms with Gasteiger partial charge in [-0.15, -0.1) is 5.10 Å². The van der Waals surface area contributed by atoms with E-state index in [1.807, 2.05) is 66.4 Å².